The summed E-state index contributed by atoms with van der Waals surface area (Å²) in [7, 11) is 1.37. The van der Waals surface area contributed by atoms with Gasteiger partial charge in [0.15, 0.2) is 0 Å². The molecule has 2 fully saturated rings. The van der Waals surface area contributed by atoms with Crippen molar-refractivity contribution in [2.24, 2.45) is 0 Å². The standard InChI is InChI=1S/C14H14BrNO3S/c1-19-13(18)11-8-20-14(7-6-12(17)16(11)14)9-2-4-10(15)5-3-9/h2-5,11H,6-8H2,1H3/t11-,14+/m0/s1. The van der Waals surface area contributed by atoms with Crippen LogP contribution in [-0.2, 0) is 19.2 Å². The maximum absolute atomic E-state index is 12.2. The SMILES string of the molecule is COC(=O)[C@@H]1CS[C@@]2(c3ccc(Br)cc3)CCC(=O)N12. The highest BCUT2D eigenvalue weighted by molar-refractivity contribution is 9.10. The fourth-order valence-corrected chi connectivity index (χ4v) is 4.86. The Hall–Kier alpha value is -1.01. The van der Waals surface area contributed by atoms with E-state index >= 15 is 0 Å². The van der Waals surface area contributed by atoms with Crippen molar-refractivity contribution >= 4 is 39.6 Å². The van der Waals surface area contributed by atoms with Crippen molar-refractivity contribution in [3.8, 4) is 0 Å². The molecule has 3 rings (SSSR count). The van der Waals surface area contributed by atoms with Crippen molar-refractivity contribution < 1.29 is 14.3 Å². The van der Waals surface area contributed by atoms with Gasteiger partial charge in [-0.25, -0.2) is 4.79 Å². The number of benzene rings is 1. The second-order valence-corrected chi connectivity index (χ2v) is 7.12. The van der Waals surface area contributed by atoms with Gasteiger partial charge in [-0.2, -0.15) is 0 Å². The number of amides is 1. The van der Waals surface area contributed by atoms with Crippen LogP contribution in [0.2, 0.25) is 0 Å². The van der Waals surface area contributed by atoms with Gasteiger partial charge in [0.2, 0.25) is 5.91 Å². The molecule has 4 nitrogen and oxygen atoms in total. The third-order valence-electron chi connectivity index (χ3n) is 3.90. The third kappa shape index (κ3) is 1.97. The molecule has 0 spiro atoms. The molecular formula is C14H14BrNO3S. The number of carbonyl (C=O) groups is 2. The van der Waals surface area contributed by atoms with Crippen molar-refractivity contribution in [3.63, 3.8) is 0 Å². The topological polar surface area (TPSA) is 46.6 Å². The maximum Gasteiger partial charge on any atom is 0.329 e. The molecule has 106 valence electrons. The van der Waals surface area contributed by atoms with Crippen LogP contribution in [0.1, 0.15) is 18.4 Å². The molecule has 2 heterocycles. The quantitative estimate of drug-likeness (QED) is 0.764. The van der Waals surface area contributed by atoms with Gasteiger partial charge in [-0.3, -0.25) is 4.79 Å². The second kappa shape index (κ2) is 5.07. The molecule has 6 heteroatoms. The summed E-state index contributed by atoms with van der Waals surface area (Å²) in [5.41, 5.74) is 1.07. The van der Waals surface area contributed by atoms with Crippen LogP contribution in [0.3, 0.4) is 0 Å². The normalized spacial score (nSPS) is 28.6. The number of ether oxygens (including phenoxy) is 1. The van der Waals surface area contributed by atoms with Gasteiger partial charge in [-0.1, -0.05) is 28.1 Å². The van der Waals surface area contributed by atoms with Crippen LogP contribution in [0, 0.1) is 0 Å². The summed E-state index contributed by atoms with van der Waals surface area (Å²) >= 11 is 5.08. The summed E-state index contributed by atoms with van der Waals surface area (Å²) < 4.78 is 5.84. The van der Waals surface area contributed by atoms with E-state index in [0.717, 1.165) is 16.5 Å². The first-order valence-corrected chi connectivity index (χ1v) is 8.16. The van der Waals surface area contributed by atoms with Gasteiger partial charge >= 0.3 is 5.97 Å². The molecule has 0 aliphatic carbocycles. The third-order valence-corrected chi connectivity index (χ3v) is 6.02. The van der Waals surface area contributed by atoms with Crippen LogP contribution in [0.25, 0.3) is 0 Å². The zero-order valence-electron chi connectivity index (χ0n) is 11.0. The number of rotatable bonds is 2. The molecule has 2 saturated heterocycles. The summed E-state index contributed by atoms with van der Waals surface area (Å²) in [5.74, 6) is 0.300. The van der Waals surface area contributed by atoms with E-state index in [2.05, 4.69) is 15.9 Å². The Kier molecular flexibility index (Phi) is 3.54. The molecule has 2 aliphatic heterocycles. The van der Waals surface area contributed by atoms with E-state index in [1.54, 1.807) is 16.7 Å². The first-order chi connectivity index (χ1) is 9.58. The fraction of sp³-hybridized carbons (Fsp3) is 0.429. The zero-order valence-corrected chi connectivity index (χ0v) is 13.4. The Balaban J connectivity index is 2.02. The summed E-state index contributed by atoms with van der Waals surface area (Å²) in [6, 6.07) is 7.50. The number of halogens is 1. The van der Waals surface area contributed by atoms with E-state index in [4.69, 9.17) is 4.74 Å². The van der Waals surface area contributed by atoms with Crippen LogP contribution in [0.5, 0.6) is 0 Å². The largest absolute Gasteiger partial charge is 0.467 e. The van der Waals surface area contributed by atoms with E-state index in [9.17, 15) is 9.59 Å². The fourth-order valence-electron chi connectivity index (χ4n) is 2.96. The first-order valence-electron chi connectivity index (χ1n) is 6.38. The molecule has 1 aromatic rings. The minimum atomic E-state index is -0.469. The van der Waals surface area contributed by atoms with Crippen molar-refractivity contribution in [3.05, 3.63) is 34.3 Å². The smallest absolute Gasteiger partial charge is 0.329 e. The van der Waals surface area contributed by atoms with Gasteiger partial charge in [0.1, 0.15) is 10.9 Å². The average Bonchev–Trinajstić information content (AvgIpc) is 2.99. The molecule has 0 bridgehead atoms. The summed E-state index contributed by atoms with van der Waals surface area (Å²) in [6.45, 7) is 0. The molecule has 2 aliphatic rings. The van der Waals surface area contributed by atoms with Crippen LogP contribution >= 0.6 is 27.7 Å². The average molecular weight is 356 g/mol. The number of methoxy groups -OCH3 is 1. The predicted octanol–water partition coefficient (Wildman–Crippen LogP) is 2.51. The van der Waals surface area contributed by atoms with E-state index in [1.807, 2.05) is 24.3 Å². The minimum absolute atomic E-state index is 0.0355. The van der Waals surface area contributed by atoms with Crippen LogP contribution in [0.15, 0.2) is 28.7 Å². The highest BCUT2D eigenvalue weighted by atomic mass is 79.9. The molecule has 0 N–H and O–H groups in total. The van der Waals surface area contributed by atoms with Gasteiger partial charge in [-0.15, -0.1) is 11.8 Å². The van der Waals surface area contributed by atoms with Crippen molar-refractivity contribution in [1.29, 1.82) is 0 Å². The Morgan fingerprint density at radius 3 is 2.80 bits per heavy atom. The van der Waals surface area contributed by atoms with E-state index in [0.29, 0.717) is 12.2 Å². The molecule has 0 aromatic heterocycles. The Bertz CT molecular complexity index is 562. The molecule has 0 radical (unpaired) electrons. The lowest BCUT2D eigenvalue weighted by molar-refractivity contribution is -0.151. The van der Waals surface area contributed by atoms with Gasteiger partial charge < -0.3 is 9.64 Å². The summed E-state index contributed by atoms with van der Waals surface area (Å²) in [4.78, 5) is 25.4. The van der Waals surface area contributed by atoms with Gasteiger partial charge in [0.25, 0.3) is 0 Å². The number of hydrogen-bond donors (Lipinski definition) is 0. The lowest BCUT2D eigenvalue weighted by Gasteiger charge is -2.33. The predicted molar refractivity (Wildman–Crippen MR) is 80.2 cm³/mol. The lowest BCUT2D eigenvalue weighted by Crippen LogP contribution is -2.46. The molecule has 0 unspecified atom stereocenters. The highest BCUT2D eigenvalue weighted by Crippen LogP contribution is 2.54. The number of esters is 1. The first kappa shape index (κ1) is 13.9. The van der Waals surface area contributed by atoms with Crippen molar-refractivity contribution in [2.75, 3.05) is 12.9 Å². The van der Waals surface area contributed by atoms with Gasteiger partial charge in [0, 0.05) is 16.6 Å². The maximum atomic E-state index is 12.2. The number of carbonyl (C=O) groups excluding carboxylic acids is 2. The lowest BCUT2D eigenvalue weighted by atomic mass is 10.0. The molecular weight excluding hydrogens is 342 g/mol. The molecule has 2 atom stereocenters. The van der Waals surface area contributed by atoms with Crippen LogP contribution in [-0.4, -0.2) is 35.7 Å². The monoisotopic (exact) mass is 355 g/mol. The number of fused-ring (bicyclic) bond motifs is 1. The molecule has 0 saturated carbocycles. The van der Waals surface area contributed by atoms with Gasteiger partial charge in [-0.05, 0) is 24.1 Å². The van der Waals surface area contributed by atoms with Crippen LogP contribution in [0.4, 0.5) is 0 Å². The molecule has 1 aromatic carbocycles. The second-order valence-electron chi connectivity index (χ2n) is 4.90. The number of hydrogen-bond acceptors (Lipinski definition) is 4. The van der Waals surface area contributed by atoms with Crippen LogP contribution < -0.4 is 0 Å². The highest BCUT2D eigenvalue weighted by Gasteiger charge is 2.57. The number of thioether (sulfide) groups is 1. The summed E-state index contributed by atoms with van der Waals surface area (Å²) in [6.07, 6.45) is 1.22. The van der Waals surface area contributed by atoms with E-state index in [-0.39, 0.29) is 11.9 Å². The molecule has 1 amide bonds. The zero-order chi connectivity index (χ0) is 14.3. The molecule has 20 heavy (non-hydrogen) atoms. The summed E-state index contributed by atoms with van der Waals surface area (Å²) in [5, 5.41) is 0. The Morgan fingerprint density at radius 1 is 1.45 bits per heavy atom. The minimum Gasteiger partial charge on any atom is -0.467 e. The number of nitrogens with zero attached hydrogens (tertiary/aromatic N) is 1. The van der Waals surface area contributed by atoms with Gasteiger partial charge in [0.05, 0.1) is 7.11 Å². The van der Waals surface area contributed by atoms with Crippen molar-refractivity contribution in [1.82, 2.24) is 4.90 Å². The Labute approximate surface area is 130 Å². The van der Waals surface area contributed by atoms with Crippen molar-refractivity contribution in [2.45, 2.75) is 23.8 Å². The van der Waals surface area contributed by atoms with E-state index in [1.165, 1.54) is 7.11 Å². The Morgan fingerprint density at radius 2 is 2.15 bits per heavy atom. The van der Waals surface area contributed by atoms with E-state index < -0.39 is 10.9 Å².